The van der Waals surface area contributed by atoms with Crippen LogP contribution in [0.5, 0.6) is 0 Å². The smallest absolute Gasteiger partial charge is 0.312 e. The Morgan fingerprint density at radius 1 is 1.78 bits per heavy atom. The van der Waals surface area contributed by atoms with Gasteiger partial charge in [-0.2, -0.15) is 0 Å². The van der Waals surface area contributed by atoms with Gasteiger partial charge < -0.3 is 4.74 Å². The van der Waals surface area contributed by atoms with Crippen LogP contribution in [0.25, 0.3) is 0 Å². The highest BCUT2D eigenvalue weighted by Crippen LogP contribution is 2.26. The Morgan fingerprint density at radius 2 is 2.44 bits per heavy atom. The summed E-state index contributed by atoms with van der Waals surface area (Å²) in [5.41, 5.74) is 0. The van der Waals surface area contributed by atoms with Gasteiger partial charge in [-0.1, -0.05) is 31.9 Å². The van der Waals surface area contributed by atoms with E-state index >= 15 is 0 Å². The molecular formula is C5H4Br2O2. The summed E-state index contributed by atoms with van der Waals surface area (Å²) in [5, 5.41) is 0. The predicted molar refractivity (Wildman–Crippen MR) is 40.4 cm³/mol. The molecule has 0 radical (unpaired) electrons. The SMILES string of the molecule is O=C1CC(Br)C(=CBr)O1. The average molecular weight is 256 g/mol. The van der Waals surface area contributed by atoms with Crippen LogP contribution < -0.4 is 0 Å². The standard InChI is InChI=1S/C5H4Br2O2/c6-2-4-3(7)1-5(8)9-4/h2-3H,1H2. The van der Waals surface area contributed by atoms with Crippen LogP contribution >= 0.6 is 31.9 Å². The van der Waals surface area contributed by atoms with E-state index in [0.29, 0.717) is 12.2 Å². The van der Waals surface area contributed by atoms with Crippen molar-refractivity contribution < 1.29 is 9.53 Å². The third kappa shape index (κ3) is 1.55. The van der Waals surface area contributed by atoms with Crippen molar-refractivity contribution in [1.29, 1.82) is 0 Å². The van der Waals surface area contributed by atoms with Gasteiger partial charge in [0.2, 0.25) is 0 Å². The highest BCUT2D eigenvalue weighted by Gasteiger charge is 2.26. The van der Waals surface area contributed by atoms with E-state index in [1.165, 1.54) is 0 Å². The Bertz CT molecular complexity index is 164. The predicted octanol–water partition coefficient (Wildman–Crippen LogP) is 1.93. The van der Waals surface area contributed by atoms with Gasteiger partial charge in [0.05, 0.1) is 11.2 Å². The maximum atomic E-state index is 10.5. The zero-order valence-electron chi connectivity index (χ0n) is 4.43. The molecule has 1 saturated heterocycles. The fourth-order valence-corrected chi connectivity index (χ4v) is 1.83. The number of alkyl halides is 1. The number of carbonyl (C=O) groups is 1. The minimum Gasteiger partial charge on any atom is -0.429 e. The fourth-order valence-electron chi connectivity index (χ4n) is 0.575. The highest BCUT2D eigenvalue weighted by molar-refractivity contribution is 9.11. The van der Waals surface area contributed by atoms with Crippen LogP contribution in [0.1, 0.15) is 6.42 Å². The lowest BCUT2D eigenvalue weighted by Gasteiger charge is -1.94. The summed E-state index contributed by atoms with van der Waals surface area (Å²) in [5.74, 6) is 0.475. The Kier molecular flexibility index (Phi) is 2.29. The Hall–Kier alpha value is 0.170. The molecule has 0 aromatic rings. The van der Waals surface area contributed by atoms with Crippen LogP contribution in [-0.2, 0) is 9.53 Å². The molecule has 0 saturated carbocycles. The first-order valence-corrected chi connectivity index (χ1v) is 4.22. The largest absolute Gasteiger partial charge is 0.429 e. The number of ether oxygens (including phenoxy) is 1. The van der Waals surface area contributed by atoms with Gasteiger partial charge in [-0.05, 0) is 0 Å². The van der Waals surface area contributed by atoms with E-state index in [1.807, 2.05) is 0 Å². The van der Waals surface area contributed by atoms with E-state index < -0.39 is 0 Å². The molecule has 0 spiro atoms. The molecule has 0 bridgehead atoms. The van der Waals surface area contributed by atoms with Gasteiger partial charge in [-0.3, -0.25) is 4.79 Å². The quantitative estimate of drug-likeness (QED) is 0.489. The Balaban J connectivity index is 2.69. The van der Waals surface area contributed by atoms with Crippen molar-refractivity contribution in [2.45, 2.75) is 11.2 Å². The molecule has 0 aliphatic carbocycles. The lowest BCUT2D eigenvalue weighted by atomic mass is 10.3. The molecule has 4 heteroatoms. The summed E-state index contributed by atoms with van der Waals surface area (Å²) in [6.45, 7) is 0. The van der Waals surface area contributed by atoms with Crippen molar-refractivity contribution in [3.8, 4) is 0 Å². The zero-order valence-corrected chi connectivity index (χ0v) is 7.61. The minimum absolute atomic E-state index is 0.0596. The van der Waals surface area contributed by atoms with Crippen molar-refractivity contribution in [3.63, 3.8) is 0 Å². The van der Waals surface area contributed by atoms with Crippen molar-refractivity contribution >= 4 is 37.8 Å². The van der Waals surface area contributed by atoms with Crippen molar-refractivity contribution in [2.75, 3.05) is 0 Å². The molecule has 9 heavy (non-hydrogen) atoms. The first-order chi connectivity index (χ1) is 4.24. The molecule has 0 N–H and O–H groups in total. The number of carbonyl (C=O) groups excluding carboxylic acids is 1. The maximum Gasteiger partial charge on any atom is 0.312 e. The molecule has 0 aromatic heterocycles. The summed E-state index contributed by atoms with van der Waals surface area (Å²) in [7, 11) is 0. The fraction of sp³-hybridized carbons (Fsp3) is 0.400. The number of esters is 1. The molecule has 1 aliphatic heterocycles. The van der Waals surface area contributed by atoms with Gasteiger partial charge in [-0.15, -0.1) is 0 Å². The molecule has 50 valence electrons. The summed E-state index contributed by atoms with van der Waals surface area (Å²) >= 11 is 6.34. The van der Waals surface area contributed by atoms with Crippen LogP contribution in [0, 0.1) is 0 Å². The van der Waals surface area contributed by atoms with Gasteiger partial charge in [0.15, 0.2) is 0 Å². The second-order valence-electron chi connectivity index (χ2n) is 1.66. The lowest BCUT2D eigenvalue weighted by molar-refractivity contribution is -0.135. The molecule has 1 fully saturated rings. The monoisotopic (exact) mass is 254 g/mol. The molecule has 0 amide bonds. The van der Waals surface area contributed by atoms with Gasteiger partial charge in [-0.25, -0.2) is 0 Å². The van der Waals surface area contributed by atoms with E-state index in [4.69, 9.17) is 4.74 Å². The second-order valence-corrected chi connectivity index (χ2v) is 3.22. The molecule has 1 unspecified atom stereocenters. The van der Waals surface area contributed by atoms with E-state index in [1.54, 1.807) is 4.99 Å². The third-order valence-electron chi connectivity index (χ3n) is 0.994. The van der Waals surface area contributed by atoms with Crippen LogP contribution in [0.4, 0.5) is 0 Å². The number of hydrogen-bond donors (Lipinski definition) is 0. The van der Waals surface area contributed by atoms with E-state index in [2.05, 4.69) is 31.9 Å². The van der Waals surface area contributed by atoms with Crippen LogP contribution in [0.3, 0.4) is 0 Å². The third-order valence-corrected chi connectivity index (χ3v) is 2.22. The highest BCUT2D eigenvalue weighted by atomic mass is 79.9. The summed E-state index contributed by atoms with van der Waals surface area (Å²) in [6, 6.07) is 0. The Labute approximate surface area is 69.5 Å². The van der Waals surface area contributed by atoms with Crippen molar-refractivity contribution in [2.24, 2.45) is 0 Å². The minimum atomic E-state index is -0.178. The van der Waals surface area contributed by atoms with Crippen molar-refractivity contribution in [1.82, 2.24) is 0 Å². The average Bonchev–Trinajstić information content (AvgIpc) is 2.10. The molecule has 1 rings (SSSR count). The van der Waals surface area contributed by atoms with E-state index in [9.17, 15) is 4.79 Å². The Morgan fingerprint density at radius 3 is 2.67 bits per heavy atom. The molecular weight excluding hydrogens is 252 g/mol. The molecule has 1 atom stereocenters. The first kappa shape index (κ1) is 7.28. The van der Waals surface area contributed by atoms with Gasteiger partial charge in [0.1, 0.15) is 5.76 Å². The van der Waals surface area contributed by atoms with Gasteiger partial charge in [0, 0.05) is 4.99 Å². The first-order valence-electron chi connectivity index (χ1n) is 2.39. The summed E-state index contributed by atoms with van der Waals surface area (Å²) in [6.07, 6.45) is 0.428. The van der Waals surface area contributed by atoms with Crippen LogP contribution in [0.2, 0.25) is 0 Å². The summed E-state index contributed by atoms with van der Waals surface area (Å²) < 4.78 is 4.75. The molecule has 1 heterocycles. The zero-order chi connectivity index (χ0) is 6.85. The number of cyclic esters (lactones) is 1. The van der Waals surface area contributed by atoms with E-state index in [0.717, 1.165) is 0 Å². The van der Waals surface area contributed by atoms with Crippen molar-refractivity contribution in [3.05, 3.63) is 10.7 Å². The van der Waals surface area contributed by atoms with Crippen LogP contribution in [0.15, 0.2) is 10.7 Å². The number of rotatable bonds is 0. The normalized spacial score (nSPS) is 31.1. The van der Waals surface area contributed by atoms with E-state index in [-0.39, 0.29) is 10.8 Å². The number of hydrogen-bond acceptors (Lipinski definition) is 2. The molecule has 0 aromatic carbocycles. The van der Waals surface area contributed by atoms with Crippen LogP contribution in [-0.4, -0.2) is 10.8 Å². The maximum absolute atomic E-state index is 10.5. The topological polar surface area (TPSA) is 26.3 Å². The van der Waals surface area contributed by atoms with Gasteiger partial charge in [0.25, 0.3) is 0 Å². The molecule has 1 aliphatic rings. The number of allylic oxidation sites excluding steroid dienone is 1. The van der Waals surface area contributed by atoms with Gasteiger partial charge >= 0.3 is 5.97 Å². The molecule has 2 nitrogen and oxygen atoms in total. The lowest BCUT2D eigenvalue weighted by Crippen LogP contribution is -1.90. The number of halogens is 2. The summed E-state index contributed by atoms with van der Waals surface area (Å²) in [4.78, 5) is 12.2. The second kappa shape index (κ2) is 2.84.